The summed E-state index contributed by atoms with van der Waals surface area (Å²) in [6.07, 6.45) is -9.33. The van der Waals surface area contributed by atoms with Crippen LogP contribution >= 0.6 is 15.9 Å². The third-order valence-corrected chi connectivity index (χ3v) is 3.32. The van der Waals surface area contributed by atoms with Crippen LogP contribution in [0.1, 0.15) is 11.1 Å². The van der Waals surface area contributed by atoms with Crippen LogP contribution in [-0.4, -0.2) is 23.3 Å². The van der Waals surface area contributed by atoms with Gasteiger partial charge in [0.1, 0.15) is 6.10 Å². The molecule has 0 aromatic heterocycles. The van der Waals surface area contributed by atoms with Crippen LogP contribution in [0.2, 0.25) is 0 Å². The van der Waals surface area contributed by atoms with Crippen molar-refractivity contribution in [1.82, 2.24) is 0 Å². The summed E-state index contributed by atoms with van der Waals surface area (Å²) in [6, 6.07) is 4.37. The maximum Gasteiger partial charge on any atom is 0.456 e. The van der Waals surface area contributed by atoms with Crippen molar-refractivity contribution in [3.8, 4) is 0 Å². The monoisotopic (exact) mass is 332 g/mol. The smallest absolute Gasteiger partial charge is 0.386 e. The summed E-state index contributed by atoms with van der Waals surface area (Å²) in [6.45, 7) is 1.74. The Balaban J connectivity index is 2.88. The number of benzene rings is 1. The van der Waals surface area contributed by atoms with Gasteiger partial charge in [0.2, 0.25) is 0 Å². The Labute approximate surface area is 109 Å². The fourth-order valence-corrected chi connectivity index (χ4v) is 1.73. The van der Waals surface area contributed by atoms with Gasteiger partial charge in [-0.25, -0.2) is 0 Å². The predicted molar refractivity (Wildman–Crippen MR) is 59.6 cm³/mol. The highest BCUT2D eigenvalue weighted by molar-refractivity contribution is 9.10. The highest BCUT2D eigenvalue weighted by Gasteiger charge is 2.61. The molecule has 7 heteroatoms. The lowest BCUT2D eigenvalue weighted by molar-refractivity contribution is -0.312. The van der Waals surface area contributed by atoms with Crippen molar-refractivity contribution in [2.24, 2.45) is 0 Å². The number of halogens is 6. The fourth-order valence-electron chi connectivity index (χ4n) is 1.30. The minimum absolute atomic E-state index is 0.198. The number of alkyl halides is 5. The summed E-state index contributed by atoms with van der Waals surface area (Å²) in [5.41, 5.74) is 1.01. The van der Waals surface area contributed by atoms with Gasteiger partial charge in [-0.1, -0.05) is 28.1 Å². The molecule has 1 nitrogen and oxygen atoms in total. The van der Waals surface area contributed by atoms with Crippen molar-refractivity contribution in [3.63, 3.8) is 0 Å². The van der Waals surface area contributed by atoms with Crippen LogP contribution in [-0.2, 0) is 6.42 Å². The van der Waals surface area contributed by atoms with Gasteiger partial charge in [0.05, 0.1) is 0 Å². The Morgan fingerprint density at radius 2 is 1.78 bits per heavy atom. The molecule has 0 saturated carbocycles. The molecule has 0 aliphatic heterocycles. The zero-order valence-corrected chi connectivity index (χ0v) is 10.8. The SMILES string of the molecule is Cc1ccc(CC(O)C(F)(F)C(F)(F)F)cc1Br. The van der Waals surface area contributed by atoms with Gasteiger partial charge in [-0.2, -0.15) is 22.0 Å². The van der Waals surface area contributed by atoms with Crippen molar-refractivity contribution in [2.75, 3.05) is 0 Å². The lowest BCUT2D eigenvalue weighted by Crippen LogP contribution is -2.47. The maximum atomic E-state index is 12.8. The number of aryl methyl sites for hydroxylation is 1. The molecule has 1 unspecified atom stereocenters. The number of rotatable bonds is 3. The Kier molecular flexibility index (Phi) is 4.38. The largest absolute Gasteiger partial charge is 0.456 e. The van der Waals surface area contributed by atoms with Crippen molar-refractivity contribution in [1.29, 1.82) is 0 Å². The Morgan fingerprint density at radius 1 is 1.22 bits per heavy atom. The molecule has 0 amide bonds. The zero-order chi connectivity index (χ0) is 14.1. The van der Waals surface area contributed by atoms with Crippen LogP contribution in [0.4, 0.5) is 22.0 Å². The summed E-state index contributed by atoms with van der Waals surface area (Å²) in [5.74, 6) is -5.12. The number of aliphatic hydroxyl groups excluding tert-OH is 1. The Hall–Kier alpha value is -0.690. The first kappa shape index (κ1) is 15.4. The van der Waals surface area contributed by atoms with E-state index in [4.69, 9.17) is 5.11 Å². The molecule has 18 heavy (non-hydrogen) atoms. The second-order valence-electron chi connectivity index (χ2n) is 3.92. The van der Waals surface area contributed by atoms with E-state index in [-0.39, 0.29) is 5.56 Å². The highest BCUT2D eigenvalue weighted by atomic mass is 79.9. The first-order valence-electron chi connectivity index (χ1n) is 4.93. The van der Waals surface area contributed by atoms with Crippen molar-refractivity contribution < 1.29 is 27.1 Å². The van der Waals surface area contributed by atoms with Gasteiger partial charge in [0, 0.05) is 10.9 Å². The number of hydrogen-bond donors (Lipinski definition) is 1. The summed E-state index contributed by atoms with van der Waals surface area (Å²) in [5, 5.41) is 9.04. The molecule has 0 radical (unpaired) electrons. The van der Waals surface area contributed by atoms with E-state index in [9.17, 15) is 22.0 Å². The van der Waals surface area contributed by atoms with Gasteiger partial charge >= 0.3 is 12.1 Å². The molecule has 1 rings (SSSR count). The van der Waals surface area contributed by atoms with Crippen LogP contribution in [0.3, 0.4) is 0 Å². The molecule has 102 valence electrons. The molecule has 0 saturated heterocycles. The van der Waals surface area contributed by atoms with Gasteiger partial charge in [0.25, 0.3) is 0 Å². The van der Waals surface area contributed by atoms with Gasteiger partial charge in [-0.05, 0) is 24.1 Å². The molecular weight excluding hydrogens is 323 g/mol. The molecule has 0 fully saturated rings. The second-order valence-corrected chi connectivity index (χ2v) is 4.78. The van der Waals surface area contributed by atoms with Crippen LogP contribution in [0.25, 0.3) is 0 Å². The zero-order valence-electron chi connectivity index (χ0n) is 9.23. The summed E-state index contributed by atoms with van der Waals surface area (Å²) < 4.78 is 62.2. The molecule has 1 atom stereocenters. The van der Waals surface area contributed by atoms with E-state index in [2.05, 4.69) is 15.9 Å². The van der Waals surface area contributed by atoms with Gasteiger partial charge in [-0.3, -0.25) is 0 Å². The van der Waals surface area contributed by atoms with Crippen molar-refractivity contribution in [3.05, 3.63) is 33.8 Å². The van der Waals surface area contributed by atoms with E-state index >= 15 is 0 Å². The molecule has 1 N–H and O–H groups in total. The molecule has 0 spiro atoms. The van der Waals surface area contributed by atoms with E-state index < -0.39 is 24.6 Å². The van der Waals surface area contributed by atoms with Crippen LogP contribution in [0.15, 0.2) is 22.7 Å². The van der Waals surface area contributed by atoms with E-state index in [1.165, 1.54) is 12.1 Å². The molecule has 0 aliphatic rings. The van der Waals surface area contributed by atoms with E-state index in [1.807, 2.05) is 0 Å². The normalized spacial score (nSPS) is 14.7. The van der Waals surface area contributed by atoms with Crippen LogP contribution in [0, 0.1) is 6.92 Å². The predicted octanol–water partition coefficient (Wildman–Crippen LogP) is 3.86. The average molecular weight is 333 g/mol. The molecule has 0 aliphatic carbocycles. The first-order valence-corrected chi connectivity index (χ1v) is 5.72. The lowest BCUT2D eigenvalue weighted by atomic mass is 10.0. The topological polar surface area (TPSA) is 20.2 Å². The summed E-state index contributed by atoms with van der Waals surface area (Å²) >= 11 is 3.13. The van der Waals surface area contributed by atoms with Crippen molar-refractivity contribution >= 4 is 15.9 Å². The average Bonchev–Trinajstić information content (AvgIpc) is 2.21. The first-order chi connectivity index (χ1) is 8.05. The third-order valence-electron chi connectivity index (χ3n) is 2.46. The Morgan fingerprint density at radius 3 is 2.22 bits per heavy atom. The quantitative estimate of drug-likeness (QED) is 0.833. The maximum absolute atomic E-state index is 12.8. The van der Waals surface area contributed by atoms with E-state index in [1.54, 1.807) is 13.0 Å². The molecule has 1 aromatic carbocycles. The van der Waals surface area contributed by atoms with Gasteiger partial charge < -0.3 is 5.11 Å². The van der Waals surface area contributed by atoms with Gasteiger partial charge in [0.15, 0.2) is 0 Å². The highest BCUT2D eigenvalue weighted by Crippen LogP contribution is 2.39. The number of aliphatic hydroxyl groups is 1. The minimum Gasteiger partial charge on any atom is -0.386 e. The van der Waals surface area contributed by atoms with Crippen molar-refractivity contribution in [2.45, 2.75) is 31.5 Å². The molecule has 1 aromatic rings. The van der Waals surface area contributed by atoms with E-state index in [0.29, 0.717) is 4.47 Å². The minimum atomic E-state index is -5.76. The summed E-state index contributed by atoms with van der Waals surface area (Å²) in [7, 11) is 0. The van der Waals surface area contributed by atoms with Crippen LogP contribution < -0.4 is 0 Å². The standard InChI is InChI=1S/C11H10BrF5O/c1-6-2-3-7(4-8(6)12)5-9(18)10(13,14)11(15,16)17/h2-4,9,18H,5H2,1H3. The number of hydrogen-bond acceptors (Lipinski definition) is 1. The lowest BCUT2D eigenvalue weighted by Gasteiger charge is -2.24. The van der Waals surface area contributed by atoms with Gasteiger partial charge in [-0.15, -0.1) is 0 Å². The fraction of sp³-hybridized carbons (Fsp3) is 0.455. The third kappa shape index (κ3) is 3.20. The second kappa shape index (κ2) is 5.13. The molecule has 0 heterocycles. The van der Waals surface area contributed by atoms with E-state index in [0.717, 1.165) is 5.56 Å². The summed E-state index contributed by atoms with van der Waals surface area (Å²) in [4.78, 5) is 0. The van der Waals surface area contributed by atoms with Crippen LogP contribution in [0.5, 0.6) is 0 Å². The molecular formula is C11H10BrF5O. The molecule has 0 bridgehead atoms. The Bertz CT molecular complexity index is 430.